The first-order chi connectivity index (χ1) is 10.7. The summed E-state index contributed by atoms with van der Waals surface area (Å²) in [4.78, 5) is 2.83. The quantitative estimate of drug-likeness (QED) is 0.253. The van der Waals surface area contributed by atoms with Crippen LogP contribution in [-0.2, 0) is 11.3 Å². The van der Waals surface area contributed by atoms with Crippen molar-refractivity contribution in [2.24, 2.45) is 5.11 Å². The van der Waals surface area contributed by atoms with Gasteiger partial charge in [-0.3, -0.25) is 0 Å². The van der Waals surface area contributed by atoms with Crippen LogP contribution in [0.2, 0.25) is 0 Å². The minimum absolute atomic E-state index is 0.212. The lowest BCUT2D eigenvalue weighted by molar-refractivity contribution is 0.153. The van der Waals surface area contributed by atoms with Crippen LogP contribution in [-0.4, -0.2) is 27.9 Å². The lowest BCUT2D eigenvalue weighted by atomic mass is 10.1. The van der Waals surface area contributed by atoms with Gasteiger partial charge in [0.25, 0.3) is 0 Å². The molecule has 0 aliphatic carbocycles. The van der Waals surface area contributed by atoms with Crippen LogP contribution in [0.5, 0.6) is 17.2 Å². The van der Waals surface area contributed by atoms with Gasteiger partial charge < -0.3 is 18.9 Å². The van der Waals surface area contributed by atoms with Gasteiger partial charge in [0.15, 0.2) is 11.5 Å². The molecule has 0 spiro atoms. The molecule has 1 rings (SSSR count). The van der Waals surface area contributed by atoms with E-state index in [0.717, 1.165) is 6.42 Å². The van der Waals surface area contributed by atoms with Crippen LogP contribution in [0.1, 0.15) is 18.9 Å². The summed E-state index contributed by atoms with van der Waals surface area (Å²) >= 11 is 0. The molecule has 7 nitrogen and oxygen atoms in total. The van der Waals surface area contributed by atoms with E-state index in [1.54, 1.807) is 6.07 Å². The van der Waals surface area contributed by atoms with Gasteiger partial charge >= 0.3 is 0 Å². The van der Waals surface area contributed by atoms with Crippen LogP contribution in [0, 0.1) is 11.8 Å². The summed E-state index contributed by atoms with van der Waals surface area (Å²) in [6, 6.07) is 1.69. The molecule has 118 valence electrons. The smallest absolute Gasteiger partial charge is 0.203 e. The molecule has 0 aliphatic heterocycles. The minimum Gasteiger partial charge on any atom is -0.493 e. The Hall–Kier alpha value is -2.55. The third kappa shape index (κ3) is 4.22. The fourth-order valence-corrected chi connectivity index (χ4v) is 1.84. The van der Waals surface area contributed by atoms with E-state index in [0.29, 0.717) is 35.1 Å². The fourth-order valence-electron chi connectivity index (χ4n) is 1.84. The lowest BCUT2D eigenvalue weighted by Crippen LogP contribution is -2.00. The molecule has 0 aromatic heterocycles. The molecule has 0 radical (unpaired) electrons. The molecule has 0 heterocycles. The third-order valence-corrected chi connectivity index (χ3v) is 2.76. The predicted octanol–water partition coefficient (Wildman–Crippen LogP) is 3.58. The van der Waals surface area contributed by atoms with E-state index in [9.17, 15) is 0 Å². The summed E-state index contributed by atoms with van der Waals surface area (Å²) in [5, 5.41) is 3.68. The molecule has 0 amide bonds. The normalized spacial score (nSPS) is 9.27. The van der Waals surface area contributed by atoms with Crippen LogP contribution in [0.3, 0.4) is 0 Å². The van der Waals surface area contributed by atoms with E-state index >= 15 is 0 Å². The van der Waals surface area contributed by atoms with Crippen molar-refractivity contribution >= 4 is 5.69 Å². The largest absolute Gasteiger partial charge is 0.493 e. The van der Waals surface area contributed by atoms with Crippen molar-refractivity contribution in [3.8, 4) is 29.1 Å². The van der Waals surface area contributed by atoms with Gasteiger partial charge in [-0.05, 0) is 17.2 Å². The molecule has 0 bridgehead atoms. The SMILES string of the molecule is CCC#CCOCc1cc(OC)c(OC)c(OC)c1N=[N+]=[N-]. The maximum atomic E-state index is 8.76. The van der Waals surface area contributed by atoms with Crippen molar-refractivity contribution in [2.75, 3.05) is 27.9 Å². The highest BCUT2D eigenvalue weighted by Crippen LogP contribution is 2.46. The molecular formula is C15H19N3O4. The zero-order valence-electron chi connectivity index (χ0n) is 13.2. The van der Waals surface area contributed by atoms with Crippen molar-refractivity contribution < 1.29 is 18.9 Å². The van der Waals surface area contributed by atoms with Crippen LogP contribution in [0.25, 0.3) is 10.4 Å². The molecule has 0 N–H and O–H groups in total. The van der Waals surface area contributed by atoms with E-state index in [-0.39, 0.29) is 6.61 Å². The second kappa shape index (κ2) is 9.40. The molecule has 0 fully saturated rings. The van der Waals surface area contributed by atoms with E-state index in [1.807, 2.05) is 6.92 Å². The maximum absolute atomic E-state index is 8.76. The summed E-state index contributed by atoms with van der Waals surface area (Å²) in [5.74, 6) is 6.92. The van der Waals surface area contributed by atoms with E-state index in [4.69, 9.17) is 24.5 Å². The molecule has 1 aromatic rings. The average molecular weight is 305 g/mol. The van der Waals surface area contributed by atoms with E-state index < -0.39 is 0 Å². The standard InChI is InChI=1S/C15H19N3O4/c1-5-6-7-8-22-10-11-9-12(19-2)14(20-3)15(21-4)13(11)17-18-16/h9H,5,8,10H2,1-4H3. The van der Waals surface area contributed by atoms with Gasteiger partial charge in [-0.25, -0.2) is 0 Å². The molecule has 0 saturated heterocycles. The van der Waals surface area contributed by atoms with Gasteiger partial charge in [-0.1, -0.05) is 18.0 Å². The first kappa shape index (κ1) is 17.5. The third-order valence-electron chi connectivity index (χ3n) is 2.76. The number of benzene rings is 1. The molecule has 0 unspecified atom stereocenters. The van der Waals surface area contributed by atoms with E-state index in [1.165, 1.54) is 21.3 Å². The molecule has 0 saturated carbocycles. The van der Waals surface area contributed by atoms with Crippen molar-refractivity contribution in [1.82, 2.24) is 0 Å². The molecule has 0 atom stereocenters. The zero-order valence-corrected chi connectivity index (χ0v) is 13.2. The van der Waals surface area contributed by atoms with Crippen LogP contribution >= 0.6 is 0 Å². The number of hydrogen-bond donors (Lipinski definition) is 0. The number of nitrogens with zero attached hydrogens (tertiary/aromatic N) is 3. The Kier molecular flexibility index (Phi) is 7.48. The maximum Gasteiger partial charge on any atom is 0.203 e. The number of methoxy groups -OCH3 is 3. The highest BCUT2D eigenvalue weighted by molar-refractivity contribution is 5.69. The number of rotatable bonds is 7. The number of hydrogen-bond acceptors (Lipinski definition) is 5. The highest BCUT2D eigenvalue weighted by atomic mass is 16.5. The summed E-state index contributed by atoms with van der Waals surface area (Å²) in [6.07, 6.45) is 0.775. The average Bonchev–Trinajstić information content (AvgIpc) is 2.54. The Morgan fingerprint density at radius 2 is 1.86 bits per heavy atom. The Balaban J connectivity index is 3.20. The second-order valence-corrected chi connectivity index (χ2v) is 4.04. The number of azide groups is 1. The Bertz CT molecular complexity index is 613. The Morgan fingerprint density at radius 1 is 1.14 bits per heavy atom. The zero-order chi connectivity index (χ0) is 16.4. The van der Waals surface area contributed by atoms with Crippen molar-refractivity contribution in [2.45, 2.75) is 20.0 Å². The summed E-state index contributed by atoms with van der Waals surface area (Å²) in [7, 11) is 4.46. The van der Waals surface area contributed by atoms with Gasteiger partial charge in [-0.2, -0.15) is 0 Å². The molecule has 7 heteroatoms. The van der Waals surface area contributed by atoms with Gasteiger partial charge in [0.1, 0.15) is 6.61 Å². The summed E-state index contributed by atoms with van der Waals surface area (Å²) < 4.78 is 21.3. The molecule has 22 heavy (non-hydrogen) atoms. The summed E-state index contributed by atoms with van der Waals surface area (Å²) in [5.41, 5.74) is 9.70. The molecule has 1 aromatic carbocycles. The lowest BCUT2D eigenvalue weighted by Gasteiger charge is -2.17. The van der Waals surface area contributed by atoms with Crippen LogP contribution < -0.4 is 14.2 Å². The fraction of sp³-hybridized carbons (Fsp3) is 0.467. The van der Waals surface area contributed by atoms with Crippen molar-refractivity contribution in [1.29, 1.82) is 0 Å². The van der Waals surface area contributed by atoms with Crippen LogP contribution in [0.15, 0.2) is 11.2 Å². The Morgan fingerprint density at radius 3 is 2.41 bits per heavy atom. The highest BCUT2D eigenvalue weighted by Gasteiger charge is 2.19. The van der Waals surface area contributed by atoms with Gasteiger partial charge in [0.2, 0.25) is 5.75 Å². The van der Waals surface area contributed by atoms with Gasteiger partial charge in [-0.15, -0.1) is 5.92 Å². The number of ether oxygens (including phenoxy) is 4. The molecular weight excluding hydrogens is 286 g/mol. The first-order valence-electron chi connectivity index (χ1n) is 6.63. The van der Waals surface area contributed by atoms with Crippen LogP contribution in [0.4, 0.5) is 5.69 Å². The van der Waals surface area contributed by atoms with Crippen molar-refractivity contribution in [3.63, 3.8) is 0 Å². The first-order valence-corrected chi connectivity index (χ1v) is 6.63. The summed E-state index contributed by atoms with van der Waals surface area (Å²) in [6.45, 7) is 2.47. The Labute approximate surface area is 129 Å². The van der Waals surface area contributed by atoms with Crippen molar-refractivity contribution in [3.05, 3.63) is 22.1 Å². The second-order valence-electron chi connectivity index (χ2n) is 4.04. The minimum atomic E-state index is 0.212. The predicted molar refractivity (Wildman–Crippen MR) is 82.6 cm³/mol. The van der Waals surface area contributed by atoms with Gasteiger partial charge in [0, 0.05) is 11.3 Å². The van der Waals surface area contributed by atoms with E-state index in [2.05, 4.69) is 21.9 Å². The van der Waals surface area contributed by atoms with Gasteiger partial charge in [0.05, 0.1) is 33.6 Å². The topological polar surface area (TPSA) is 85.7 Å². The molecule has 0 aliphatic rings. The monoisotopic (exact) mass is 305 g/mol.